The molecule has 0 bridgehead atoms. The highest BCUT2D eigenvalue weighted by Crippen LogP contribution is 2.15. The maximum Gasteiger partial charge on any atom is 0.315 e. The van der Waals surface area contributed by atoms with Gasteiger partial charge in [-0.2, -0.15) is 0 Å². The third kappa shape index (κ3) is 2.78. The molecule has 0 saturated heterocycles. The molecule has 0 aliphatic carbocycles. The lowest BCUT2D eigenvalue weighted by atomic mass is 10.2. The van der Waals surface area contributed by atoms with Crippen LogP contribution in [0.2, 0.25) is 0 Å². The number of pyridine rings is 1. The summed E-state index contributed by atoms with van der Waals surface area (Å²) in [5.74, 6) is -1.16. The Morgan fingerprint density at radius 1 is 1.09 bits per heavy atom. The molecule has 0 aliphatic rings. The van der Waals surface area contributed by atoms with Gasteiger partial charge in [-0.3, -0.25) is 9.59 Å². The first-order chi connectivity index (χ1) is 10.6. The summed E-state index contributed by atoms with van der Waals surface area (Å²) in [7, 11) is 0. The molecular formula is C15H13N5O2. The van der Waals surface area contributed by atoms with Crippen LogP contribution in [0.4, 0.5) is 11.5 Å². The van der Waals surface area contributed by atoms with E-state index in [1.165, 1.54) is 0 Å². The Labute approximate surface area is 125 Å². The zero-order valence-electron chi connectivity index (χ0n) is 11.8. The first kappa shape index (κ1) is 13.7. The molecule has 7 nitrogen and oxygen atoms in total. The van der Waals surface area contributed by atoms with Crippen molar-refractivity contribution in [3.8, 4) is 0 Å². The van der Waals surface area contributed by atoms with Crippen LogP contribution in [0, 0.1) is 6.92 Å². The summed E-state index contributed by atoms with van der Waals surface area (Å²) in [5, 5.41) is 5.02. The van der Waals surface area contributed by atoms with Crippen LogP contribution >= 0.6 is 0 Å². The van der Waals surface area contributed by atoms with Crippen LogP contribution in [0.25, 0.3) is 11.0 Å². The zero-order valence-corrected chi connectivity index (χ0v) is 11.8. The van der Waals surface area contributed by atoms with Gasteiger partial charge < -0.3 is 15.6 Å². The van der Waals surface area contributed by atoms with Crippen molar-refractivity contribution in [3.63, 3.8) is 0 Å². The third-order valence-corrected chi connectivity index (χ3v) is 3.13. The summed E-state index contributed by atoms with van der Waals surface area (Å²) in [6.07, 6.45) is 3.11. The Kier molecular flexibility index (Phi) is 3.53. The molecule has 0 unspecified atom stereocenters. The van der Waals surface area contributed by atoms with Gasteiger partial charge in [-0.1, -0.05) is 6.07 Å². The molecule has 3 rings (SSSR count). The molecule has 7 heteroatoms. The second-order valence-electron chi connectivity index (χ2n) is 4.71. The molecule has 2 aromatic heterocycles. The summed E-state index contributed by atoms with van der Waals surface area (Å²) in [6.45, 7) is 1.80. The van der Waals surface area contributed by atoms with Crippen molar-refractivity contribution in [2.75, 3.05) is 10.6 Å². The van der Waals surface area contributed by atoms with Crippen LogP contribution in [-0.4, -0.2) is 26.8 Å². The predicted molar refractivity (Wildman–Crippen MR) is 82.3 cm³/mol. The number of aromatic nitrogens is 3. The summed E-state index contributed by atoms with van der Waals surface area (Å²) in [6, 6.07) is 8.69. The van der Waals surface area contributed by atoms with E-state index in [-0.39, 0.29) is 0 Å². The van der Waals surface area contributed by atoms with E-state index in [1.54, 1.807) is 49.8 Å². The Hall–Kier alpha value is -3.22. The van der Waals surface area contributed by atoms with Gasteiger partial charge in [0.15, 0.2) is 0 Å². The van der Waals surface area contributed by atoms with Crippen molar-refractivity contribution in [1.29, 1.82) is 0 Å². The van der Waals surface area contributed by atoms with Crippen LogP contribution < -0.4 is 10.6 Å². The number of fused-ring (bicyclic) bond motifs is 1. The van der Waals surface area contributed by atoms with Crippen molar-refractivity contribution >= 4 is 34.4 Å². The Morgan fingerprint density at radius 3 is 2.73 bits per heavy atom. The van der Waals surface area contributed by atoms with E-state index in [2.05, 4.69) is 25.6 Å². The normalized spacial score (nSPS) is 10.4. The van der Waals surface area contributed by atoms with E-state index in [0.717, 1.165) is 16.6 Å². The number of hydrogen-bond donors (Lipinski definition) is 3. The monoisotopic (exact) mass is 295 g/mol. The minimum Gasteiger partial charge on any atom is -0.345 e. The molecule has 0 radical (unpaired) electrons. The fraction of sp³-hybridized carbons (Fsp3) is 0.0667. The fourth-order valence-electron chi connectivity index (χ4n) is 1.98. The molecule has 2 heterocycles. The third-order valence-electron chi connectivity index (χ3n) is 3.13. The number of anilines is 2. The van der Waals surface area contributed by atoms with Crippen molar-refractivity contribution < 1.29 is 9.59 Å². The van der Waals surface area contributed by atoms with E-state index >= 15 is 0 Å². The molecule has 3 aromatic rings. The molecular weight excluding hydrogens is 282 g/mol. The SMILES string of the molecule is Cc1cccnc1NC(=O)C(=O)Nc1ccc2nc[nH]c2c1. The van der Waals surface area contributed by atoms with Gasteiger partial charge in [0.25, 0.3) is 0 Å². The fourth-order valence-corrected chi connectivity index (χ4v) is 1.98. The summed E-state index contributed by atoms with van der Waals surface area (Å²) in [5.41, 5.74) is 2.85. The highest BCUT2D eigenvalue weighted by atomic mass is 16.2. The van der Waals surface area contributed by atoms with E-state index in [4.69, 9.17) is 0 Å². The summed E-state index contributed by atoms with van der Waals surface area (Å²) < 4.78 is 0. The van der Waals surface area contributed by atoms with Crippen molar-refractivity contribution in [3.05, 3.63) is 48.4 Å². The number of nitrogens with zero attached hydrogens (tertiary/aromatic N) is 2. The van der Waals surface area contributed by atoms with E-state index in [1.807, 2.05) is 0 Å². The number of benzene rings is 1. The number of aromatic amines is 1. The Balaban J connectivity index is 1.70. The number of nitrogens with one attached hydrogen (secondary N) is 3. The molecule has 0 fully saturated rings. The second kappa shape index (κ2) is 5.65. The first-order valence-corrected chi connectivity index (χ1v) is 6.60. The smallest absolute Gasteiger partial charge is 0.315 e. The molecule has 3 N–H and O–H groups in total. The molecule has 0 spiro atoms. The highest BCUT2D eigenvalue weighted by Gasteiger charge is 2.15. The van der Waals surface area contributed by atoms with E-state index in [0.29, 0.717) is 11.5 Å². The minimum atomic E-state index is -0.772. The Morgan fingerprint density at radius 2 is 1.91 bits per heavy atom. The van der Waals surface area contributed by atoms with Crippen LogP contribution in [0.1, 0.15) is 5.56 Å². The molecule has 1 aromatic carbocycles. The zero-order chi connectivity index (χ0) is 15.5. The lowest BCUT2D eigenvalue weighted by Gasteiger charge is -2.07. The van der Waals surface area contributed by atoms with Crippen molar-refractivity contribution in [2.24, 2.45) is 0 Å². The van der Waals surface area contributed by atoms with Gasteiger partial charge in [0, 0.05) is 11.9 Å². The van der Waals surface area contributed by atoms with Gasteiger partial charge in [0.1, 0.15) is 5.82 Å². The number of carbonyl (C=O) groups is 2. The molecule has 0 aliphatic heterocycles. The van der Waals surface area contributed by atoms with Gasteiger partial charge in [-0.15, -0.1) is 0 Å². The average Bonchev–Trinajstić information content (AvgIpc) is 2.97. The van der Waals surface area contributed by atoms with Crippen molar-refractivity contribution in [1.82, 2.24) is 15.0 Å². The first-order valence-electron chi connectivity index (χ1n) is 6.60. The van der Waals surface area contributed by atoms with Gasteiger partial charge in [0.05, 0.1) is 17.4 Å². The number of H-pyrrole nitrogens is 1. The summed E-state index contributed by atoms with van der Waals surface area (Å²) >= 11 is 0. The van der Waals surface area contributed by atoms with Gasteiger partial charge >= 0.3 is 11.8 Å². The number of aryl methyl sites for hydroxylation is 1. The Bertz CT molecular complexity index is 856. The second-order valence-corrected chi connectivity index (χ2v) is 4.71. The summed E-state index contributed by atoms with van der Waals surface area (Å²) in [4.78, 5) is 34.9. The van der Waals surface area contributed by atoms with Crippen molar-refractivity contribution in [2.45, 2.75) is 6.92 Å². The van der Waals surface area contributed by atoms with E-state index < -0.39 is 11.8 Å². The minimum absolute atomic E-state index is 0.367. The van der Waals surface area contributed by atoms with Gasteiger partial charge in [-0.25, -0.2) is 9.97 Å². The molecule has 0 atom stereocenters. The van der Waals surface area contributed by atoms with Crippen LogP contribution in [0.3, 0.4) is 0 Å². The molecule has 2 amide bonds. The number of amides is 2. The predicted octanol–water partition coefficient (Wildman–Crippen LogP) is 1.84. The molecule has 22 heavy (non-hydrogen) atoms. The maximum absolute atomic E-state index is 11.9. The maximum atomic E-state index is 11.9. The quantitative estimate of drug-likeness (QED) is 0.628. The topological polar surface area (TPSA) is 99.8 Å². The lowest BCUT2D eigenvalue weighted by Crippen LogP contribution is -2.29. The largest absolute Gasteiger partial charge is 0.345 e. The standard InChI is InChI=1S/C15H13N5O2/c1-9-3-2-6-16-13(9)20-15(22)14(21)19-10-4-5-11-12(7-10)18-8-17-11/h2-8H,1H3,(H,17,18)(H,19,21)(H,16,20,22). The number of hydrogen-bond acceptors (Lipinski definition) is 4. The average molecular weight is 295 g/mol. The van der Waals surface area contributed by atoms with Crippen LogP contribution in [0.5, 0.6) is 0 Å². The molecule has 0 saturated carbocycles. The number of carbonyl (C=O) groups excluding carboxylic acids is 2. The van der Waals surface area contributed by atoms with E-state index in [9.17, 15) is 9.59 Å². The number of rotatable bonds is 2. The van der Waals surface area contributed by atoms with Crippen LogP contribution in [0.15, 0.2) is 42.9 Å². The van der Waals surface area contributed by atoms with Crippen LogP contribution in [-0.2, 0) is 9.59 Å². The van der Waals surface area contributed by atoms with Gasteiger partial charge in [0.2, 0.25) is 0 Å². The highest BCUT2D eigenvalue weighted by molar-refractivity contribution is 6.43. The van der Waals surface area contributed by atoms with Gasteiger partial charge in [-0.05, 0) is 36.8 Å². The molecule has 110 valence electrons. The lowest BCUT2D eigenvalue weighted by molar-refractivity contribution is -0.133. The number of imidazole rings is 1.